The molecule has 1 saturated heterocycles. The number of carbonyl (C=O) groups is 1. The zero-order chi connectivity index (χ0) is 23.3. The van der Waals surface area contributed by atoms with Crippen LogP contribution >= 0.6 is 11.6 Å². The lowest BCUT2D eigenvalue weighted by Gasteiger charge is -2.22. The quantitative estimate of drug-likeness (QED) is 0.462. The van der Waals surface area contributed by atoms with Gasteiger partial charge in [-0.1, -0.05) is 11.6 Å². The third-order valence-corrected chi connectivity index (χ3v) is 7.04. The first-order valence-corrected chi connectivity index (χ1v) is 12.0. The van der Waals surface area contributed by atoms with Gasteiger partial charge in [0.1, 0.15) is 6.04 Å². The number of hydrazone groups is 1. The highest BCUT2D eigenvalue weighted by Crippen LogP contribution is 2.29. The van der Waals surface area contributed by atoms with Crippen molar-refractivity contribution in [3.8, 4) is 11.5 Å². The molecule has 1 atom stereocenters. The molecule has 8 nitrogen and oxygen atoms in total. The van der Waals surface area contributed by atoms with E-state index in [4.69, 9.17) is 21.1 Å². The molecule has 10 heteroatoms. The van der Waals surface area contributed by atoms with Crippen LogP contribution in [-0.4, -0.2) is 50.6 Å². The van der Waals surface area contributed by atoms with Gasteiger partial charge >= 0.3 is 0 Å². The molecule has 1 fully saturated rings. The van der Waals surface area contributed by atoms with Crippen LogP contribution in [0, 0.1) is 0 Å². The molecule has 2 aromatic carbocycles. The number of amides is 1. The molecule has 172 valence electrons. The summed E-state index contributed by atoms with van der Waals surface area (Å²) < 4.78 is 38.2. The molecule has 0 aliphatic carbocycles. The number of ether oxygens (including phenoxy) is 2. The molecule has 3 rings (SSSR count). The van der Waals surface area contributed by atoms with Gasteiger partial charge in [-0.15, -0.1) is 0 Å². The van der Waals surface area contributed by atoms with Gasteiger partial charge in [0.25, 0.3) is 5.91 Å². The van der Waals surface area contributed by atoms with Crippen molar-refractivity contribution in [1.29, 1.82) is 0 Å². The van der Waals surface area contributed by atoms with E-state index >= 15 is 0 Å². The highest BCUT2D eigenvalue weighted by Gasteiger charge is 2.39. The maximum absolute atomic E-state index is 13.0. The average molecular weight is 480 g/mol. The minimum atomic E-state index is -3.82. The van der Waals surface area contributed by atoms with Crippen molar-refractivity contribution < 1.29 is 22.7 Å². The highest BCUT2D eigenvalue weighted by atomic mass is 35.5. The van der Waals surface area contributed by atoms with Gasteiger partial charge in [-0.2, -0.15) is 9.41 Å². The monoisotopic (exact) mass is 479 g/mol. The molecule has 0 aromatic heterocycles. The fraction of sp³-hybridized carbons (Fsp3) is 0.364. The van der Waals surface area contributed by atoms with E-state index in [0.29, 0.717) is 34.9 Å². The second-order valence-electron chi connectivity index (χ2n) is 7.54. The van der Waals surface area contributed by atoms with Crippen LogP contribution in [0.1, 0.15) is 32.3 Å². The van der Waals surface area contributed by atoms with E-state index in [2.05, 4.69) is 10.5 Å². The summed E-state index contributed by atoms with van der Waals surface area (Å²) in [5, 5.41) is 4.43. The van der Waals surface area contributed by atoms with Gasteiger partial charge in [-0.05, 0) is 74.7 Å². The van der Waals surface area contributed by atoms with Crippen LogP contribution in [-0.2, 0) is 14.8 Å². The first kappa shape index (κ1) is 24.0. The summed E-state index contributed by atoms with van der Waals surface area (Å²) in [6.45, 7) is 4.11. The second kappa shape index (κ2) is 10.3. The van der Waals surface area contributed by atoms with Gasteiger partial charge in [-0.3, -0.25) is 4.79 Å². The molecule has 1 aliphatic rings. The normalized spacial score (nSPS) is 17.1. The SMILES string of the molecule is COc1cc(/C=N\NC(=O)[C@H]2CCCN2S(=O)(=O)c2ccc(Cl)cc2)ccc1OC(C)C. The van der Waals surface area contributed by atoms with Crippen molar-refractivity contribution in [3.05, 3.63) is 53.1 Å². The summed E-state index contributed by atoms with van der Waals surface area (Å²) in [7, 11) is -2.28. The number of benzene rings is 2. The number of halogens is 1. The number of methoxy groups -OCH3 is 1. The minimum Gasteiger partial charge on any atom is -0.493 e. The number of rotatable bonds is 8. The average Bonchev–Trinajstić information content (AvgIpc) is 3.25. The van der Waals surface area contributed by atoms with Crippen molar-refractivity contribution in [2.45, 2.75) is 43.7 Å². The Kier molecular flexibility index (Phi) is 7.76. The lowest BCUT2D eigenvalue weighted by atomic mass is 10.2. The van der Waals surface area contributed by atoms with E-state index in [0.717, 1.165) is 0 Å². The Hall–Kier alpha value is -2.62. The fourth-order valence-corrected chi connectivity index (χ4v) is 5.17. The summed E-state index contributed by atoms with van der Waals surface area (Å²) in [5.41, 5.74) is 3.14. The number of hydrogen-bond donors (Lipinski definition) is 1. The van der Waals surface area contributed by atoms with E-state index in [-0.39, 0.29) is 17.5 Å². The van der Waals surface area contributed by atoms with Crippen molar-refractivity contribution in [2.75, 3.05) is 13.7 Å². The van der Waals surface area contributed by atoms with E-state index in [1.165, 1.54) is 34.8 Å². The molecule has 0 unspecified atom stereocenters. The Morgan fingerprint density at radius 1 is 1.22 bits per heavy atom. The van der Waals surface area contributed by atoms with Crippen molar-refractivity contribution in [2.24, 2.45) is 5.10 Å². The van der Waals surface area contributed by atoms with Crippen LogP contribution in [0.15, 0.2) is 52.5 Å². The second-order valence-corrected chi connectivity index (χ2v) is 9.87. The molecule has 0 bridgehead atoms. The van der Waals surface area contributed by atoms with Gasteiger partial charge in [0.05, 0.1) is 24.3 Å². The predicted molar refractivity (Wildman–Crippen MR) is 123 cm³/mol. The molecule has 0 spiro atoms. The molecule has 1 N–H and O–H groups in total. The smallest absolute Gasteiger partial charge is 0.258 e. The lowest BCUT2D eigenvalue weighted by molar-refractivity contribution is -0.124. The molecular formula is C22H26ClN3O5S. The maximum Gasteiger partial charge on any atom is 0.258 e. The third kappa shape index (κ3) is 5.59. The largest absolute Gasteiger partial charge is 0.493 e. The summed E-state index contributed by atoms with van der Waals surface area (Å²) in [6, 6.07) is 10.3. The van der Waals surface area contributed by atoms with E-state index in [9.17, 15) is 13.2 Å². The molecule has 1 amide bonds. The van der Waals surface area contributed by atoms with Crippen LogP contribution in [0.3, 0.4) is 0 Å². The maximum atomic E-state index is 13.0. The molecule has 1 heterocycles. The van der Waals surface area contributed by atoms with Crippen molar-refractivity contribution in [3.63, 3.8) is 0 Å². The number of nitrogens with one attached hydrogen (secondary N) is 1. The summed E-state index contributed by atoms with van der Waals surface area (Å²) in [4.78, 5) is 12.8. The van der Waals surface area contributed by atoms with Crippen LogP contribution < -0.4 is 14.9 Å². The Labute approximate surface area is 193 Å². The minimum absolute atomic E-state index is 0.00112. The zero-order valence-corrected chi connectivity index (χ0v) is 19.7. The Bertz CT molecular complexity index is 1090. The molecule has 2 aromatic rings. The number of hydrogen-bond acceptors (Lipinski definition) is 6. The fourth-order valence-electron chi connectivity index (χ4n) is 3.39. The Morgan fingerprint density at radius 3 is 2.59 bits per heavy atom. The highest BCUT2D eigenvalue weighted by molar-refractivity contribution is 7.89. The predicted octanol–water partition coefficient (Wildman–Crippen LogP) is 3.44. The summed E-state index contributed by atoms with van der Waals surface area (Å²) in [6.07, 6.45) is 2.47. The van der Waals surface area contributed by atoms with Gasteiger partial charge in [0.15, 0.2) is 11.5 Å². The number of nitrogens with zero attached hydrogens (tertiary/aromatic N) is 2. The van der Waals surface area contributed by atoms with E-state index in [1.54, 1.807) is 25.3 Å². The van der Waals surface area contributed by atoms with Gasteiger partial charge in [0.2, 0.25) is 10.0 Å². The topological polar surface area (TPSA) is 97.3 Å². The molecular weight excluding hydrogens is 454 g/mol. The van der Waals surface area contributed by atoms with Gasteiger partial charge in [-0.25, -0.2) is 13.8 Å². The summed E-state index contributed by atoms with van der Waals surface area (Å²) >= 11 is 5.85. The van der Waals surface area contributed by atoms with Crippen molar-refractivity contribution >= 4 is 33.7 Å². The summed E-state index contributed by atoms with van der Waals surface area (Å²) in [5.74, 6) is 0.672. The molecule has 0 saturated carbocycles. The Balaban J connectivity index is 1.69. The van der Waals surface area contributed by atoms with Crippen LogP contribution in [0.2, 0.25) is 5.02 Å². The van der Waals surface area contributed by atoms with Gasteiger partial charge < -0.3 is 9.47 Å². The van der Waals surface area contributed by atoms with Crippen LogP contribution in [0.5, 0.6) is 11.5 Å². The van der Waals surface area contributed by atoms with E-state index < -0.39 is 22.0 Å². The Morgan fingerprint density at radius 2 is 1.94 bits per heavy atom. The molecule has 32 heavy (non-hydrogen) atoms. The van der Waals surface area contributed by atoms with Gasteiger partial charge in [0, 0.05) is 11.6 Å². The van der Waals surface area contributed by atoms with Crippen LogP contribution in [0.4, 0.5) is 0 Å². The van der Waals surface area contributed by atoms with Crippen molar-refractivity contribution in [1.82, 2.24) is 9.73 Å². The van der Waals surface area contributed by atoms with E-state index in [1.807, 2.05) is 13.8 Å². The first-order chi connectivity index (χ1) is 15.2. The first-order valence-electron chi connectivity index (χ1n) is 10.2. The molecule has 1 aliphatic heterocycles. The number of sulfonamides is 1. The van der Waals surface area contributed by atoms with Crippen LogP contribution in [0.25, 0.3) is 0 Å². The number of carbonyl (C=O) groups excluding carboxylic acids is 1. The molecule has 0 radical (unpaired) electrons. The third-order valence-electron chi connectivity index (χ3n) is 4.87. The zero-order valence-electron chi connectivity index (χ0n) is 18.1. The lowest BCUT2D eigenvalue weighted by Crippen LogP contribution is -2.44. The standard InChI is InChI=1S/C22H26ClN3O5S/c1-15(2)31-20-11-6-16(13-21(20)30-3)14-24-25-22(27)19-5-4-12-26(19)32(28,29)18-9-7-17(23)8-10-18/h6-11,13-15,19H,4-5,12H2,1-3H3,(H,25,27)/b24-14-/t19-/m1/s1.